The molecule has 3 N–H and O–H groups in total. The summed E-state index contributed by atoms with van der Waals surface area (Å²) in [7, 11) is 1.67. The van der Waals surface area contributed by atoms with Crippen LogP contribution >= 0.6 is 0 Å². The molecular formula is C7H17N3O. The lowest BCUT2D eigenvalue weighted by atomic mass is 10.4. The molecule has 0 bridgehead atoms. The third-order valence-corrected chi connectivity index (χ3v) is 1.50. The molecule has 0 aromatic carbocycles. The minimum atomic E-state index is 0.142. The van der Waals surface area contributed by atoms with Crippen LogP contribution in [-0.4, -0.2) is 37.7 Å². The van der Waals surface area contributed by atoms with E-state index in [4.69, 9.17) is 15.9 Å². The van der Waals surface area contributed by atoms with Crippen LogP contribution in [0.4, 0.5) is 0 Å². The van der Waals surface area contributed by atoms with Gasteiger partial charge < -0.3 is 15.4 Å². The highest BCUT2D eigenvalue weighted by atomic mass is 16.5. The van der Waals surface area contributed by atoms with Crippen molar-refractivity contribution in [1.29, 1.82) is 5.41 Å². The van der Waals surface area contributed by atoms with Crippen molar-refractivity contribution >= 4 is 5.96 Å². The average molecular weight is 159 g/mol. The molecule has 0 rings (SSSR count). The van der Waals surface area contributed by atoms with E-state index in [-0.39, 0.29) is 5.96 Å². The fourth-order valence-corrected chi connectivity index (χ4v) is 0.849. The van der Waals surface area contributed by atoms with Gasteiger partial charge in [-0.1, -0.05) is 0 Å². The Hall–Kier alpha value is -0.770. The number of hydrogen-bond acceptors (Lipinski definition) is 2. The van der Waals surface area contributed by atoms with E-state index in [1.54, 1.807) is 12.0 Å². The summed E-state index contributed by atoms with van der Waals surface area (Å²) in [5.74, 6) is 0.142. The Balaban J connectivity index is 3.44. The average Bonchev–Trinajstić information content (AvgIpc) is 1.97. The van der Waals surface area contributed by atoms with Gasteiger partial charge in [0.1, 0.15) is 0 Å². The lowest BCUT2D eigenvalue weighted by Crippen LogP contribution is -2.37. The van der Waals surface area contributed by atoms with Crippen LogP contribution in [0.1, 0.15) is 13.3 Å². The summed E-state index contributed by atoms with van der Waals surface area (Å²) in [6.45, 7) is 4.30. The molecule has 0 aromatic heterocycles. The van der Waals surface area contributed by atoms with E-state index >= 15 is 0 Å². The summed E-state index contributed by atoms with van der Waals surface area (Å²) < 4.78 is 4.88. The first-order valence-electron chi connectivity index (χ1n) is 3.80. The first-order chi connectivity index (χ1) is 5.22. The van der Waals surface area contributed by atoms with Crippen molar-refractivity contribution in [2.45, 2.75) is 13.3 Å². The van der Waals surface area contributed by atoms with Gasteiger partial charge in [-0.05, 0) is 13.3 Å². The van der Waals surface area contributed by atoms with Crippen LogP contribution in [0.15, 0.2) is 0 Å². The molecule has 0 unspecified atom stereocenters. The van der Waals surface area contributed by atoms with Crippen molar-refractivity contribution in [3.8, 4) is 0 Å². The first kappa shape index (κ1) is 10.2. The fraction of sp³-hybridized carbons (Fsp3) is 0.857. The smallest absolute Gasteiger partial charge is 0.188 e. The Morgan fingerprint density at radius 1 is 1.64 bits per heavy atom. The molecule has 0 aromatic rings. The number of nitrogens with one attached hydrogen (secondary N) is 1. The number of rotatable bonds is 5. The molecule has 0 radical (unpaired) electrons. The van der Waals surface area contributed by atoms with Crippen LogP contribution in [0.3, 0.4) is 0 Å². The molecule has 0 spiro atoms. The number of nitrogens with two attached hydrogens (primary N) is 1. The van der Waals surface area contributed by atoms with Gasteiger partial charge in [0.2, 0.25) is 0 Å². The maximum absolute atomic E-state index is 7.15. The van der Waals surface area contributed by atoms with Crippen molar-refractivity contribution in [1.82, 2.24) is 4.90 Å². The molecule has 0 amide bonds. The largest absolute Gasteiger partial charge is 0.385 e. The van der Waals surface area contributed by atoms with Gasteiger partial charge in [-0.3, -0.25) is 5.41 Å². The molecule has 0 atom stereocenters. The minimum absolute atomic E-state index is 0.142. The highest BCUT2D eigenvalue weighted by Crippen LogP contribution is 1.89. The number of hydrogen-bond donors (Lipinski definition) is 2. The Kier molecular flexibility index (Phi) is 5.56. The van der Waals surface area contributed by atoms with E-state index in [0.29, 0.717) is 0 Å². The first-order valence-corrected chi connectivity index (χ1v) is 3.80. The Morgan fingerprint density at radius 3 is 2.64 bits per heavy atom. The van der Waals surface area contributed by atoms with Crippen LogP contribution < -0.4 is 5.73 Å². The number of guanidine groups is 1. The van der Waals surface area contributed by atoms with Crippen molar-refractivity contribution in [2.75, 3.05) is 26.8 Å². The molecule has 0 fully saturated rings. The number of ether oxygens (including phenoxy) is 1. The van der Waals surface area contributed by atoms with Gasteiger partial charge in [0.05, 0.1) is 0 Å². The fourth-order valence-electron chi connectivity index (χ4n) is 0.849. The van der Waals surface area contributed by atoms with Gasteiger partial charge in [-0.25, -0.2) is 0 Å². The number of methoxy groups -OCH3 is 1. The quantitative estimate of drug-likeness (QED) is 0.343. The normalized spacial score (nSPS) is 9.64. The van der Waals surface area contributed by atoms with Gasteiger partial charge >= 0.3 is 0 Å². The summed E-state index contributed by atoms with van der Waals surface area (Å²) in [6.07, 6.45) is 0.921. The van der Waals surface area contributed by atoms with E-state index in [2.05, 4.69) is 0 Å². The van der Waals surface area contributed by atoms with E-state index in [1.165, 1.54) is 0 Å². The molecule has 66 valence electrons. The second kappa shape index (κ2) is 5.97. The van der Waals surface area contributed by atoms with Gasteiger partial charge in [0, 0.05) is 26.8 Å². The van der Waals surface area contributed by atoms with E-state index in [1.807, 2.05) is 6.92 Å². The zero-order chi connectivity index (χ0) is 8.69. The molecule has 0 aliphatic heterocycles. The maximum Gasteiger partial charge on any atom is 0.188 e. The second-order valence-electron chi connectivity index (χ2n) is 2.31. The molecular weight excluding hydrogens is 142 g/mol. The highest BCUT2D eigenvalue weighted by molar-refractivity contribution is 5.74. The molecule has 0 aliphatic carbocycles. The molecule has 0 saturated carbocycles. The second-order valence-corrected chi connectivity index (χ2v) is 2.31. The van der Waals surface area contributed by atoms with E-state index in [9.17, 15) is 0 Å². The van der Waals surface area contributed by atoms with Crippen molar-refractivity contribution in [3.05, 3.63) is 0 Å². The van der Waals surface area contributed by atoms with Crippen molar-refractivity contribution in [2.24, 2.45) is 5.73 Å². The van der Waals surface area contributed by atoms with Crippen LogP contribution in [0.5, 0.6) is 0 Å². The summed E-state index contributed by atoms with van der Waals surface area (Å²) in [6, 6.07) is 0. The lowest BCUT2D eigenvalue weighted by Gasteiger charge is -2.19. The zero-order valence-electron chi connectivity index (χ0n) is 7.26. The van der Waals surface area contributed by atoms with Crippen molar-refractivity contribution < 1.29 is 4.74 Å². The molecule has 4 nitrogen and oxygen atoms in total. The molecule has 11 heavy (non-hydrogen) atoms. The van der Waals surface area contributed by atoms with E-state index in [0.717, 1.165) is 26.1 Å². The zero-order valence-corrected chi connectivity index (χ0v) is 7.26. The number of nitrogens with zero attached hydrogens (tertiary/aromatic N) is 1. The molecule has 4 heteroatoms. The Morgan fingerprint density at radius 2 is 2.27 bits per heavy atom. The third-order valence-electron chi connectivity index (χ3n) is 1.50. The predicted octanol–water partition coefficient (Wildman–Crippen LogP) is 0.238. The topological polar surface area (TPSA) is 62.3 Å². The molecule has 0 aliphatic rings. The predicted molar refractivity (Wildman–Crippen MR) is 45.7 cm³/mol. The van der Waals surface area contributed by atoms with Crippen LogP contribution in [0, 0.1) is 5.41 Å². The SMILES string of the molecule is CCN(CCCOC)C(=N)N. The molecule has 0 heterocycles. The Bertz CT molecular complexity index is 116. The van der Waals surface area contributed by atoms with Gasteiger partial charge in [0.25, 0.3) is 0 Å². The summed E-state index contributed by atoms with van der Waals surface area (Å²) >= 11 is 0. The van der Waals surface area contributed by atoms with Crippen LogP contribution in [-0.2, 0) is 4.74 Å². The van der Waals surface area contributed by atoms with E-state index < -0.39 is 0 Å². The monoisotopic (exact) mass is 159 g/mol. The maximum atomic E-state index is 7.15. The summed E-state index contributed by atoms with van der Waals surface area (Å²) in [5, 5.41) is 7.15. The van der Waals surface area contributed by atoms with Gasteiger partial charge in [-0.15, -0.1) is 0 Å². The van der Waals surface area contributed by atoms with Gasteiger partial charge in [0.15, 0.2) is 5.96 Å². The Labute approximate surface area is 67.8 Å². The van der Waals surface area contributed by atoms with Crippen LogP contribution in [0.25, 0.3) is 0 Å². The highest BCUT2D eigenvalue weighted by Gasteiger charge is 2.01. The standard InChI is InChI=1S/C7H17N3O/c1-3-10(7(8)9)5-4-6-11-2/h3-6H2,1-2H3,(H3,8,9). The van der Waals surface area contributed by atoms with Crippen LogP contribution in [0.2, 0.25) is 0 Å². The summed E-state index contributed by atoms with van der Waals surface area (Å²) in [5.41, 5.74) is 5.30. The minimum Gasteiger partial charge on any atom is -0.385 e. The van der Waals surface area contributed by atoms with Gasteiger partial charge in [-0.2, -0.15) is 0 Å². The summed E-state index contributed by atoms with van der Waals surface area (Å²) in [4.78, 5) is 1.80. The third kappa shape index (κ3) is 4.61. The lowest BCUT2D eigenvalue weighted by molar-refractivity contribution is 0.186. The van der Waals surface area contributed by atoms with Crippen molar-refractivity contribution in [3.63, 3.8) is 0 Å². The molecule has 0 saturated heterocycles.